The molecule has 1 aliphatic heterocycles. The van der Waals surface area contributed by atoms with E-state index in [0.29, 0.717) is 19.7 Å². The molecule has 1 aliphatic rings. The van der Waals surface area contributed by atoms with Gasteiger partial charge in [-0.2, -0.15) is 0 Å². The lowest BCUT2D eigenvalue weighted by atomic mass is 10.1. The van der Waals surface area contributed by atoms with Crippen LogP contribution in [0, 0.1) is 0 Å². The van der Waals surface area contributed by atoms with Crippen molar-refractivity contribution in [2.45, 2.75) is 6.10 Å². The minimum absolute atomic E-state index is 0.0515. The van der Waals surface area contributed by atoms with E-state index in [1.165, 1.54) is 0 Å². The van der Waals surface area contributed by atoms with Crippen molar-refractivity contribution in [3.8, 4) is 0 Å². The number of amides is 1. The molecule has 1 aromatic heterocycles. The Balaban J connectivity index is 1.56. The first-order valence-electron chi connectivity index (χ1n) is 8.23. The highest BCUT2D eigenvalue weighted by Crippen LogP contribution is 2.24. The lowest BCUT2D eigenvalue weighted by Gasteiger charge is -2.33. The second kappa shape index (κ2) is 6.13. The highest BCUT2D eigenvalue weighted by atomic mass is 16.5. The van der Waals surface area contributed by atoms with Crippen molar-refractivity contribution in [1.82, 2.24) is 9.47 Å². The molecule has 122 valence electrons. The van der Waals surface area contributed by atoms with Crippen molar-refractivity contribution in [3.63, 3.8) is 0 Å². The molecule has 1 fully saturated rings. The van der Waals surface area contributed by atoms with Crippen LogP contribution in [-0.2, 0) is 11.8 Å². The number of hydrogen-bond donors (Lipinski definition) is 0. The van der Waals surface area contributed by atoms with Crippen LogP contribution in [-0.4, -0.2) is 35.1 Å². The quantitative estimate of drug-likeness (QED) is 0.725. The zero-order chi connectivity index (χ0) is 16.5. The topological polar surface area (TPSA) is 34.5 Å². The number of carbonyl (C=O) groups is 1. The third kappa shape index (κ3) is 2.69. The largest absolute Gasteiger partial charge is 0.370 e. The molecule has 4 rings (SSSR count). The summed E-state index contributed by atoms with van der Waals surface area (Å²) in [5.41, 5.74) is 2.99. The highest BCUT2D eigenvalue weighted by molar-refractivity contribution is 5.98. The Hall–Kier alpha value is -2.59. The molecule has 3 aromatic rings. The molecule has 2 heterocycles. The number of nitrogens with zero attached hydrogens (tertiary/aromatic N) is 2. The van der Waals surface area contributed by atoms with Gasteiger partial charge in [0, 0.05) is 36.3 Å². The number of aromatic nitrogens is 1. The smallest absolute Gasteiger partial charge is 0.254 e. The molecule has 0 N–H and O–H groups in total. The number of benzene rings is 2. The van der Waals surface area contributed by atoms with E-state index in [9.17, 15) is 4.79 Å². The Morgan fingerprint density at radius 1 is 1.12 bits per heavy atom. The fourth-order valence-electron chi connectivity index (χ4n) is 3.30. The lowest BCUT2D eigenvalue weighted by molar-refractivity contribution is -0.0228. The number of fused-ring (bicyclic) bond motifs is 1. The van der Waals surface area contributed by atoms with E-state index in [0.717, 1.165) is 22.0 Å². The average Bonchev–Trinajstić information content (AvgIpc) is 3.02. The highest BCUT2D eigenvalue weighted by Gasteiger charge is 2.26. The van der Waals surface area contributed by atoms with Crippen molar-refractivity contribution in [1.29, 1.82) is 0 Å². The van der Waals surface area contributed by atoms with Crippen molar-refractivity contribution < 1.29 is 9.53 Å². The number of hydrogen-bond acceptors (Lipinski definition) is 2. The number of rotatable bonds is 2. The lowest BCUT2D eigenvalue weighted by Crippen LogP contribution is -2.42. The predicted molar refractivity (Wildman–Crippen MR) is 94.0 cm³/mol. The van der Waals surface area contributed by atoms with Crippen LogP contribution in [0.25, 0.3) is 10.9 Å². The van der Waals surface area contributed by atoms with Crippen LogP contribution >= 0.6 is 0 Å². The molecule has 0 aliphatic carbocycles. The van der Waals surface area contributed by atoms with Crippen molar-refractivity contribution in [2.24, 2.45) is 7.05 Å². The van der Waals surface area contributed by atoms with E-state index in [4.69, 9.17) is 4.74 Å². The first-order chi connectivity index (χ1) is 11.7. The van der Waals surface area contributed by atoms with E-state index in [-0.39, 0.29) is 12.0 Å². The first-order valence-corrected chi connectivity index (χ1v) is 8.23. The Bertz CT molecular complexity index is 870. The minimum Gasteiger partial charge on any atom is -0.370 e. The first kappa shape index (κ1) is 15.0. The number of aryl methyl sites for hydroxylation is 1. The minimum atomic E-state index is -0.0515. The summed E-state index contributed by atoms with van der Waals surface area (Å²) < 4.78 is 7.92. The molecule has 1 saturated heterocycles. The fourth-order valence-corrected chi connectivity index (χ4v) is 3.30. The van der Waals surface area contributed by atoms with Gasteiger partial charge in [0.25, 0.3) is 5.91 Å². The molecule has 2 aromatic carbocycles. The third-order valence-electron chi connectivity index (χ3n) is 4.66. The molecule has 0 saturated carbocycles. The van der Waals surface area contributed by atoms with Gasteiger partial charge in [-0.1, -0.05) is 30.3 Å². The van der Waals surface area contributed by atoms with Gasteiger partial charge in [-0.3, -0.25) is 4.79 Å². The molecule has 1 unspecified atom stereocenters. The zero-order valence-corrected chi connectivity index (χ0v) is 13.7. The number of morpholine rings is 1. The van der Waals surface area contributed by atoms with Crippen molar-refractivity contribution in [2.75, 3.05) is 19.7 Å². The van der Waals surface area contributed by atoms with Gasteiger partial charge in [0.15, 0.2) is 0 Å². The maximum Gasteiger partial charge on any atom is 0.254 e. The van der Waals surface area contributed by atoms with Crippen LogP contribution < -0.4 is 0 Å². The van der Waals surface area contributed by atoms with Gasteiger partial charge in [-0.25, -0.2) is 0 Å². The van der Waals surface area contributed by atoms with Crippen LogP contribution in [0.3, 0.4) is 0 Å². The molecule has 0 radical (unpaired) electrons. The summed E-state index contributed by atoms with van der Waals surface area (Å²) in [7, 11) is 2.01. The van der Waals surface area contributed by atoms with Crippen molar-refractivity contribution in [3.05, 3.63) is 71.9 Å². The fraction of sp³-hybridized carbons (Fsp3) is 0.250. The zero-order valence-electron chi connectivity index (χ0n) is 13.7. The van der Waals surface area contributed by atoms with Gasteiger partial charge in [0.2, 0.25) is 0 Å². The van der Waals surface area contributed by atoms with Crippen LogP contribution in [0.1, 0.15) is 22.0 Å². The van der Waals surface area contributed by atoms with Gasteiger partial charge < -0.3 is 14.2 Å². The molecule has 4 nitrogen and oxygen atoms in total. The Morgan fingerprint density at radius 3 is 2.79 bits per heavy atom. The molecule has 24 heavy (non-hydrogen) atoms. The molecule has 1 atom stereocenters. The Morgan fingerprint density at radius 2 is 1.96 bits per heavy atom. The van der Waals surface area contributed by atoms with Crippen LogP contribution in [0.2, 0.25) is 0 Å². The maximum atomic E-state index is 12.9. The third-order valence-corrected chi connectivity index (χ3v) is 4.66. The monoisotopic (exact) mass is 320 g/mol. The van der Waals surface area contributed by atoms with Gasteiger partial charge in [-0.15, -0.1) is 0 Å². The van der Waals surface area contributed by atoms with Crippen molar-refractivity contribution >= 4 is 16.8 Å². The second-order valence-electron chi connectivity index (χ2n) is 6.22. The van der Waals surface area contributed by atoms with Gasteiger partial charge >= 0.3 is 0 Å². The average molecular weight is 320 g/mol. The van der Waals surface area contributed by atoms with E-state index in [2.05, 4.69) is 16.7 Å². The van der Waals surface area contributed by atoms with E-state index in [1.54, 1.807) is 0 Å². The summed E-state index contributed by atoms with van der Waals surface area (Å²) >= 11 is 0. The summed E-state index contributed by atoms with van der Waals surface area (Å²) in [6, 6.07) is 18.0. The second-order valence-corrected chi connectivity index (χ2v) is 6.22. The van der Waals surface area contributed by atoms with Crippen LogP contribution in [0.5, 0.6) is 0 Å². The normalized spacial score (nSPS) is 18.0. The molecule has 0 spiro atoms. The molecule has 1 amide bonds. The van der Waals surface area contributed by atoms with Gasteiger partial charge in [0.05, 0.1) is 13.2 Å². The Kier molecular flexibility index (Phi) is 3.82. The summed E-state index contributed by atoms with van der Waals surface area (Å²) in [4.78, 5) is 14.8. The molecule has 0 bridgehead atoms. The van der Waals surface area contributed by atoms with E-state index < -0.39 is 0 Å². The van der Waals surface area contributed by atoms with E-state index >= 15 is 0 Å². The van der Waals surface area contributed by atoms with Crippen LogP contribution in [0.15, 0.2) is 60.8 Å². The van der Waals surface area contributed by atoms with Gasteiger partial charge in [0.1, 0.15) is 6.10 Å². The number of ether oxygens (including phenoxy) is 1. The Labute approximate surface area is 141 Å². The van der Waals surface area contributed by atoms with Crippen LogP contribution in [0.4, 0.5) is 0 Å². The molecule has 4 heteroatoms. The summed E-state index contributed by atoms with van der Waals surface area (Å²) in [6.45, 7) is 1.80. The SMILES string of the molecule is Cn1ccc2cc(C(=O)N3CCOC(c4ccccc4)C3)ccc21. The van der Waals surface area contributed by atoms with Gasteiger partial charge in [-0.05, 0) is 29.8 Å². The summed E-state index contributed by atoms with van der Waals surface area (Å²) in [6.07, 6.45) is 1.96. The predicted octanol–water partition coefficient (Wildman–Crippen LogP) is 3.39. The summed E-state index contributed by atoms with van der Waals surface area (Å²) in [5.74, 6) is 0.0741. The maximum absolute atomic E-state index is 12.9. The standard InChI is InChI=1S/C20H20N2O2/c1-21-10-9-16-13-17(7-8-18(16)21)20(23)22-11-12-24-19(14-22)15-5-3-2-4-6-15/h2-10,13,19H,11-12,14H2,1H3. The van der Waals surface area contributed by atoms with E-state index in [1.807, 2.05) is 60.6 Å². The number of carbonyl (C=O) groups excluding carboxylic acids is 1. The molecular formula is C20H20N2O2. The summed E-state index contributed by atoms with van der Waals surface area (Å²) in [5, 5.41) is 1.09. The molecular weight excluding hydrogens is 300 g/mol.